The number of benzene rings is 3. The number of halogens is 2. The molecule has 4 rings (SSSR count). The minimum atomic E-state index is -0.757. The lowest BCUT2D eigenvalue weighted by Gasteiger charge is -2.14. The Bertz CT molecular complexity index is 1410. The van der Waals surface area contributed by atoms with Gasteiger partial charge >= 0.3 is 5.97 Å². The van der Waals surface area contributed by atoms with Crippen LogP contribution in [0.3, 0.4) is 0 Å². The van der Waals surface area contributed by atoms with Crippen molar-refractivity contribution in [3.63, 3.8) is 0 Å². The van der Waals surface area contributed by atoms with E-state index in [1.165, 1.54) is 21.3 Å². The van der Waals surface area contributed by atoms with Gasteiger partial charge in [-0.2, -0.15) is 0 Å². The Morgan fingerprint density at radius 1 is 0.811 bits per heavy atom. The summed E-state index contributed by atoms with van der Waals surface area (Å²) < 4.78 is 28.9. The summed E-state index contributed by atoms with van der Waals surface area (Å²) in [6.45, 7) is 0. The van der Waals surface area contributed by atoms with E-state index in [0.29, 0.717) is 49.7 Å². The Morgan fingerprint density at radius 2 is 1.43 bits per heavy atom. The Morgan fingerprint density at radius 3 is 1.97 bits per heavy atom. The summed E-state index contributed by atoms with van der Waals surface area (Å²) in [7, 11) is 6.11. The smallest absolute Gasteiger partial charge is 0.348 e. The third-order valence-electron chi connectivity index (χ3n) is 5.71. The van der Waals surface area contributed by atoms with E-state index in [2.05, 4.69) is 31.9 Å². The SMILES string of the molecule is COc1cc(OC)c(/C=C2\OC(=O)C(C(=O)c3ccc(Br)cc3)=C2c2ccc(OC)c(Br)c2)c(OC)c1. The first-order valence-electron chi connectivity index (χ1n) is 10.9. The van der Waals surface area contributed by atoms with Crippen LogP contribution in [0.25, 0.3) is 11.6 Å². The first kappa shape index (κ1) is 26.5. The lowest BCUT2D eigenvalue weighted by molar-refractivity contribution is -0.132. The molecule has 0 radical (unpaired) electrons. The topological polar surface area (TPSA) is 80.3 Å². The van der Waals surface area contributed by atoms with Gasteiger partial charge in [0, 0.05) is 27.7 Å². The first-order chi connectivity index (χ1) is 17.8. The minimum Gasteiger partial charge on any atom is -0.496 e. The summed E-state index contributed by atoms with van der Waals surface area (Å²) in [6, 6.07) is 15.4. The summed E-state index contributed by atoms with van der Waals surface area (Å²) >= 11 is 6.86. The zero-order valence-electron chi connectivity index (χ0n) is 20.4. The summed E-state index contributed by atoms with van der Waals surface area (Å²) in [4.78, 5) is 26.8. The highest BCUT2D eigenvalue weighted by molar-refractivity contribution is 9.10. The number of Topliss-reactive ketones (excluding diaryl/α,β-unsaturated/α-hetero) is 1. The highest BCUT2D eigenvalue weighted by atomic mass is 79.9. The van der Waals surface area contributed by atoms with Gasteiger partial charge in [-0.1, -0.05) is 22.0 Å². The van der Waals surface area contributed by atoms with Gasteiger partial charge in [0.1, 0.15) is 34.3 Å². The van der Waals surface area contributed by atoms with Crippen molar-refractivity contribution < 1.29 is 33.3 Å². The molecule has 0 N–H and O–H groups in total. The number of esters is 1. The van der Waals surface area contributed by atoms with Gasteiger partial charge in [0.25, 0.3) is 0 Å². The molecule has 9 heteroatoms. The summed E-state index contributed by atoms with van der Waals surface area (Å²) in [5, 5.41) is 0. The summed E-state index contributed by atoms with van der Waals surface area (Å²) in [6.07, 6.45) is 1.62. The van der Waals surface area contributed by atoms with Crippen molar-refractivity contribution in [2.24, 2.45) is 0 Å². The normalized spacial score (nSPS) is 14.0. The molecule has 3 aromatic rings. The molecule has 0 bridgehead atoms. The molecule has 0 aliphatic carbocycles. The number of ether oxygens (including phenoxy) is 5. The standard InChI is InChI=1S/C28H22Br2O7/c1-33-18-12-22(35-3)19(23(13-18)36-4)14-24-25(16-7-10-21(34-2)20(30)11-16)26(28(32)37-24)27(31)15-5-8-17(29)9-6-15/h5-14H,1-4H3/b24-14-. The van der Waals surface area contributed by atoms with E-state index in [9.17, 15) is 9.59 Å². The Labute approximate surface area is 230 Å². The van der Waals surface area contributed by atoms with Gasteiger partial charge < -0.3 is 23.7 Å². The number of hydrogen-bond acceptors (Lipinski definition) is 7. The van der Waals surface area contributed by atoms with Gasteiger partial charge in [0.05, 0.1) is 38.5 Å². The fraction of sp³-hybridized carbons (Fsp3) is 0.143. The predicted octanol–water partition coefficient (Wildman–Crippen LogP) is 6.48. The van der Waals surface area contributed by atoms with Gasteiger partial charge in [0.15, 0.2) is 0 Å². The Balaban J connectivity index is 1.97. The number of carbonyl (C=O) groups excluding carboxylic acids is 2. The fourth-order valence-corrected chi connectivity index (χ4v) is 4.70. The van der Waals surface area contributed by atoms with Crippen LogP contribution < -0.4 is 18.9 Å². The van der Waals surface area contributed by atoms with Crippen LogP contribution in [-0.4, -0.2) is 40.2 Å². The van der Waals surface area contributed by atoms with Crippen molar-refractivity contribution in [2.45, 2.75) is 0 Å². The molecule has 0 atom stereocenters. The average Bonchev–Trinajstić information content (AvgIpc) is 3.23. The second-order valence-corrected chi connectivity index (χ2v) is 9.55. The molecule has 1 aliphatic rings. The van der Waals surface area contributed by atoms with Crippen molar-refractivity contribution in [3.05, 3.63) is 91.6 Å². The second kappa shape index (κ2) is 11.2. The maximum Gasteiger partial charge on any atom is 0.348 e. The van der Waals surface area contributed by atoms with E-state index in [0.717, 1.165) is 4.47 Å². The fourth-order valence-electron chi connectivity index (χ4n) is 3.90. The van der Waals surface area contributed by atoms with Crippen LogP contribution in [0.15, 0.2) is 74.9 Å². The third kappa shape index (κ3) is 5.28. The van der Waals surface area contributed by atoms with Crippen LogP contribution in [-0.2, 0) is 9.53 Å². The van der Waals surface area contributed by atoms with Gasteiger partial charge in [-0.3, -0.25) is 4.79 Å². The van der Waals surface area contributed by atoms with E-state index in [1.807, 2.05) is 0 Å². The number of cyclic esters (lactones) is 1. The molecule has 0 aromatic heterocycles. The van der Waals surface area contributed by atoms with Crippen molar-refractivity contribution in [3.8, 4) is 23.0 Å². The highest BCUT2D eigenvalue weighted by Gasteiger charge is 2.36. The molecular formula is C28H22Br2O7. The van der Waals surface area contributed by atoms with Crippen LogP contribution in [0.1, 0.15) is 21.5 Å². The van der Waals surface area contributed by atoms with E-state index in [-0.39, 0.29) is 11.3 Å². The van der Waals surface area contributed by atoms with Gasteiger partial charge in [-0.05, 0) is 64.0 Å². The number of ketones is 1. The van der Waals surface area contributed by atoms with Crippen molar-refractivity contribution in [1.82, 2.24) is 0 Å². The average molecular weight is 630 g/mol. The van der Waals surface area contributed by atoms with Crippen LogP contribution in [0.2, 0.25) is 0 Å². The van der Waals surface area contributed by atoms with Gasteiger partial charge in [-0.15, -0.1) is 0 Å². The zero-order chi connectivity index (χ0) is 26.7. The summed E-state index contributed by atoms with van der Waals surface area (Å²) in [5.74, 6) is 0.943. The van der Waals surface area contributed by atoms with Gasteiger partial charge in [-0.25, -0.2) is 4.79 Å². The van der Waals surface area contributed by atoms with Crippen molar-refractivity contribution >= 4 is 55.3 Å². The van der Waals surface area contributed by atoms with E-state index >= 15 is 0 Å². The van der Waals surface area contributed by atoms with Crippen molar-refractivity contribution in [2.75, 3.05) is 28.4 Å². The van der Waals surface area contributed by atoms with Gasteiger partial charge in [0.2, 0.25) is 5.78 Å². The monoisotopic (exact) mass is 628 g/mol. The molecule has 0 unspecified atom stereocenters. The summed E-state index contributed by atoms with van der Waals surface area (Å²) in [5.41, 5.74) is 1.69. The molecule has 0 fully saturated rings. The zero-order valence-corrected chi connectivity index (χ0v) is 23.6. The van der Waals surface area contributed by atoms with Crippen LogP contribution in [0, 0.1) is 0 Å². The quantitative estimate of drug-likeness (QED) is 0.160. The largest absolute Gasteiger partial charge is 0.496 e. The van der Waals surface area contributed by atoms with Crippen molar-refractivity contribution in [1.29, 1.82) is 0 Å². The molecule has 1 heterocycles. The second-order valence-electron chi connectivity index (χ2n) is 7.78. The molecule has 0 saturated heterocycles. The molecular weight excluding hydrogens is 608 g/mol. The molecule has 3 aromatic carbocycles. The number of rotatable bonds is 8. The van der Waals surface area contributed by atoms with E-state index < -0.39 is 11.8 Å². The maximum atomic E-state index is 13.6. The number of hydrogen-bond donors (Lipinski definition) is 0. The highest BCUT2D eigenvalue weighted by Crippen LogP contribution is 2.43. The first-order valence-corrected chi connectivity index (χ1v) is 12.5. The van der Waals surface area contributed by atoms with E-state index in [4.69, 9.17) is 23.7 Å². The molecule has 0 amide bonds. The van der Waals surface area contributed by atoms with Crippen LogP contribution in [0.5, 0.6) is 23.0 Å². The maximum absolute atomic E-state index is 13.6. The van der Waals surface area contributed by atoms with E-state index in [1.54, 1.807) is 67.8 Å². The number of carbonyl (C=O) groups is 2. The molecule has 190 valence electrons. The molecule has 37 heavy (non-hydrogen) atoms. The molecule has 1 aliphatic heterocycles. The Kier molecular flexibility index (Phi) is 8.04. The number of methoxy groups -OCH3 is 4. The molecule has 0 spiro atoms. The molecule has 7 nitrogen and oxygen atoms in total. The third-order valence-corrected chi connectivity index (χ3v) is 6.85. The lowest BCUT2D eigenvalue weighted by Crippen LogP contribution is -2.11. The minimum absolute atomic E-state index is 0.0860. The van der Waals surface area contributed by atoms with Crippen LogP contribution >= 0.6 is 31.9 Å². The lowest BCUT2D eigenvalue weighted by atomic mass is 9.93. The van der Waals surface area contributed by atoms with Crippen LogP contribution in [0.4, 0.5) is 0 Å². The molecule has 0 saturated carbocycles. The number of allylic oxidation sites excluding steroid dienone is 1. The predicted molar refractivity (Wildman–Crippen MR) is 146 cm³/mol. The Hall–Kier alpha value is -3.56.